The number of amides is 1. The zero-order valence-electron chi connectivity index (χ0n) is 18.4. The molecule has 11 heteroatoms. The number of nitrogens with zero attached hydrogens (tertiary/aromatic N) is 4. The normalized spacial score (nSPS) is 12.4. The Morgan fingerprint density at radius 3 is 2.50 bits per heavy atom. The van der Waals surface area contributed by atoms with Gasteiger partial charge in [-0.05, 0) is 49.1 Å². The summed E-state index contributed by atoms with van der Waals surface area (Å²) in [6, 6.07) is 10.4. The summed E-state index contributed by atoms with van der Waals surface area (Å²) in [4.78, 5) is 20.0. The fourth-order valence-corrected chi connectivity index (χ4v) is 4.09. The lowest BCUT2D eigenvalue weighted by atomic mass is 10.2. The Morgan fingerprint density at radius 2 is 1.94 bits per heavy atom. The predicted octanol–water partition coefficient (Wildman–Crippen LogP) is 3.40. The van der Waals surface area contributed by atoms with Crippen molar-refractivity contribution in [1.29, 1.82) is 0 Å². The van der Waals surface area contributed by atoms with Gasteiger partial charge >= 0.3 is 0 Å². The Hall–Kier alpha value is -2.92. The molecule has 0 aliphatic heterocycles. The lowest BCUT2D eigenvalue weighted by molar-refractivity contribution is -0.139. The van der Waals surface area contributed by atoms with Crippen LogP contribution in [-0.2, 0) is 21.4 Å². The maximum absolute atomic E-state index is 13.1. The zero-order chi connectivity index (χ0) is 23.3. The monoisotopic (exact) mass is 478 g/mol. The maximum Gasteiger partial charge on any atom is 0.264 e. The smallest absolute Gasteiger partial charge is 0.264 e. The molecule has 2 aromatic heterocycles. The van der Waals surface area contributed by atoms with E-state index in [9.17, 15) is 13.2 Å². The highest BCUT2D eigenvalue weighted by Gasteiger charge is 2.26. The molecule has 0 spiro atoms. The molecule has 0 fully saturated rings. The third kappa shape index (κ3) is 5.65. The fourth-order valence-electron chi connectivity index (χ4n) is 2.94. The minimum Gasteiger partial charge on any atom is -0.481 e. The van der Waals surface area contributed by atoms with Gasteiger partial charge in [-0.15, -0.1) is 11.3 Å². The molecule has 1 atom stereocenters. The molecular weight excluding hydrogens is 452 g/mol. The van der Waals surface area contributed by atoms with E-state index < -0.39 is 16.1 Å². The number of thiophene rings is 1. The number of aromatic nitrogens is 2. The summed E-state index contributed by atoms with van der Waals surface area (Å²) >= 11 is 1.51. The number of sulfonamides is 1. The van der Waals surface area contributed by atoms with Crippen molar-refractivity contribution in [2.75, 3.05) is 24.2 Å². The number of carbonyl (C=O) groups excluding carboxylic acids is 1. The van der Waals surface area contributed by atoms with E-state index in [0.717, 1.165) is 11.1 Å². The van der Waals surface area contributed by atoms with Gasteiger partial charge < -0.3 is 14.2 Å². The van der Waals surface area contributed by atoms with Crippen LogP contribution >= 0.6 is 11.3 Å². The molecule has 32 heavy (non-hydrogen) atoms. The molecule has 2 heterocycles. The number of hydrogen-bond donors (Lipinski definition) is 0. The Morgan fingerprint density at radius 1 is 1.22 bits per heavy atom. The van der Waals surface area contributed by atoms with Gasteiger partial charge in [-0.2, -0.15) is 4.98 Å². The van der Waals surface area contributed by atoms with Crippen LogP contribution in [-0.4, -0.2) is 55.3 Å². The number of hydrogen-bond acceptors (Lipinski definition) is 8. The highest BCUT2D eigenvalue weighted by atomic mass is 32.2. The van der Waals surface area contributed by atoms with E-state index in [0.29, 0.717) is 36.1 Å². The second-order valence-electron chi connectivity index (χ2n) is 7.08. The highest BCUT2D eigenvalue weighted by molar-refractivity contribution is 7.92. The largest absolute Gasteiger partial charge is 0.481 e. The minimum absolute atomic E-state index is 0.186. The summed E-state index contributed by atoms with van der Waals surface area (Å²) in [5.41, 5.74) is 0.507. The summed E-state index contributed by atoms with van der Waals surface area (Å²) in [6.45, 7) is 4.37. The molecule has 0 saturated carbocycles. The van der Waals surface area contributed by atoms with E-state index in [2.05, 4.69) is 10.1 Å². The Labute approximate surface area is 191 Å². The van der Waals surface area contributed by atoms with Crippen LogP contribution in [0.4, 0.5) is 5.69 Å². The fraction of sp³-hybridized carbons (Fsp3) is 0.381. The lowest BCUT2D eigenvalue weighted by Gasteiger charge is -2.25. The van der Waals surface area contributed by atoms with Crippen molar-refractivity contribution >= 4 is 33.0 Å². The summed E-state index contributed by atoms with van der Waals surface area (Å²) in [5, 5.41) is 5.92. The molecule has 0 unspecified atom stereocenters. The van der Waals surface area contributed by atoms with Crippen LogP contribution in [0.1, 0.15) is 26.2 Å². The van der Waals surface area contributed by atoms with Crippen molar-refractivity contribution in [1.82, 2.24) is 15.0 Å². The second kappa shape index (κ2) is 10.1. The molecule has 9 nitrogen and oxygen atoms in total. The van der Waals surface area contributed by atoms with E-state index in [1.807, 2.05) is 31.4 Å². The van der Waals surface area contributed by atoms with Gasteiger partial charge in [0, 0.05) is 13.6 Å². The molecule has 0 saturated heterocycles. The van der Waals surface area contributed by atoms with Gasteiger partial charge in [-0.1, -0.05) is 18.1 Å². The molecule has 3 aromatic rings. The average Bonchev–Trinajstić information content (AvgIpc) is 3.46. The zero-order valence-corrected chi connectivity index (χ0v) is 20.0. The van der Waals surface area contributed by atoms with Crippen LogP contribution in [0.25, 0.3) is 10.7 Å². The standard InChI is InChI=1S/C21H26N4O5S2/c1-5-17(29-16-11-9-15(10-12-16)24(3)32(4,27)28)21(26)25(6-2)14-19-22-20(23-30-19)18-8-7-13-31-18/h7-13,17H,5-6,14H2,1-4H3/t17-/m0/s1. The summed E-state index contributed by atoms with van der Waals surface area (Å²) in [7, 11) is -1.88. The van der Waals surface area contributed by atoms with E-state index in [1.165, 1.54) is 22.7 Å². The van der Waals surface area contributed by atoms with E-state index in [-0.39, 0.29) is 12.5 Å². The Balaban J connectivity index is 1.67. The van der Waals surface area contributed by atoms with Crippen LogP contribution < -0.4 is 9.04 Å². The first-order valence-electron chi connectivity index (χ1n) is 10.1. The van der Waals surface area contributed by atoms with Gasteiger partial charge in [0.2, 0.25) is 21.7 Å². The van der Waals surface area contributed by atoms with Crippen molar-refractivity contribution < 1.29 is 22.5 Å². The SMILES string of the molecule is CC[C@H](Oc1ccc(N(C)S(C)(=O)=O)cc1)C(=O)N(CC)Cc1nc(-c2cccs2)no1. The lowest BCUT2D eigenvalue weighted by Crippen LogP contribution is -2.41. The first kappa shape index (κ1) is 23.7. The van der Waals surface area contributed by atoms with Gasteiger partial charge in [0.25, 0.3) is 5.91 Å². The van der Waals surface area contributed by atoms with Crippen LogP contribution in [0.2, 0.25) is 0 Å². The van der Waals surface area contributed by atoms with Gasteiger partial charge in [-0.25, -0.2) is 8.42 Å². The van der Waals surface area contributed by atoms with Gasteiger partial charge in [0.15, 0.2) is 6.10 Å². The van der Waals surface area contributed by atoms with Crippen molar-refractivity contribution in [2.24, 2.45) is 0 Å². The summed E-state index contributed by atoms with van der Waals surface area (Å²) in [6.07, 6.45) is 0.896. The molecule has 0 aliphatic carbocycles. The van der Waals surface area contributed by atoms with E-state index >= 15 is 0 Å². The number of carbonyl (C=O) groups is 1. The third-order valence-electron chi connectivity index (χ3n) is 4.85. The van der Waals surface area contributed by atoms with Crippen LogP contribution in [0.3, 0.4) is 0 Å². The Kier molecular flexibility index (Phi) is 7.52. The highest BCUT2D eigenvalue weighted by Crippen LogP contribution is 2.23. The molecule has 1 amide bonds. The first-order valence-corrected chi connectivity index (χ1v) is 12.8. The maximum atomic E-state index is 13.1. The molecular formula is C21H26N4O5S2. The molecule has 3 rings (SSSR count). The van der Waals surface area contributed by atoms with E-state index in [1.54, 1.807) is 29.2 Å². The molecule has 0 aliphatic rings. The van der Waals surface area contributed by atoms with Crippen LogP contribution in [0.15, 0.2) is 46.3 Å². The summed E-state index contributed by atoms with van der Waals surface area (Å²) < 4.78 is 35.8. The van der Waals surface area contributed by atoms with Crippen LogP contribution in [0.5, 0.6) is 5.75 Å². The average molecular weight is 479 g/mol. The number of likely N-dealkylation sites (N-methyl/N-ethyl adjacent to an activating group) is 1. The van der Waals surface area contributed by atoms with Crippen molar-refractivity contribution in [3.63, 3.8) is 0 Å². The first-order chi connectivity index (χ1) is 15.2. The Bertz CT molecular complexity index is 1130. The quantitative estimate of drug-likeness (QED) is 0.440. The van der Waals surface area contributed by atoms with Crippen molar-refractivity contribution in [2.45, 2.75) is 32.9 Å². The van der Waals surface area contributed by atoms with Crippen molar-refractivity contribution in [3.8, 4) is 16.5 Å². The topological polar surface area (TPSA) is 106 Å². The predicted molar refractivity (Wildman–Crippen MR) is 123 cm³/mol. The number of anilines is 1. The minimum atomic E-state index is -3.35. The van der Waals surface area contributed by atoms with Crippen LogP contribution in [0, 0.1) is 0 Å². The molecule has 0 radical (unpaired) electrons. The third-order valence-corrected chi connectivity index (χ3v) is 6.92. The second-order valence-corrected chi connectivity index (χ2v) is 10.0. The van der Waals surface area contributed by atoms with E-state index in [4.69, 9.17) is 9.26 Å². The van der Waals surface area contributed by atoms with Crippen molar-refractivity contribution in [3.05, 3.63) is 47.7 Å². The summed E-state index contributed by atoms with van der Waals surface area (Å²) in [5.74, 6) is 1.14. The number of ether oxygens (including phenoxy) is 1. The van der Waals surface area contributed by atoms with Gasteiger partial charge in [0.1, 0.15) is 12.3 Å². The number of benzene rings is 1. The molecule has 0 bridgehead atoms. The number of rotatable bonds is 10. The molecule has 0 N–H and O–H groups in total. The van der Waals surface area contributed by atoms with Gasteiger partial charge in [-0.3, -0.25) is 9.10 Å². The van der Waals surface area contributed by atoms with Gasteiger partial charge in [0.05, 0.1) is 16.8 Å². The molecule has 172 valence electrons. The molecule has 1 aromatic carbocycles.